The van der Waals surface area contributed by atoms with Crippen LogP contribution in [0.4, 0.5) is 5.69 Å². The van der Waals surface area contributed by atoms with Crippen LogP contribution in [0.3, 0.4) is 0 Å². The monoisotopic (exact) mass is 354 g/mol. The Morgan fingerprint density at radius 1 is 1.38 bits per heavy atom. The molecule has 0 aliphatic carbocycles. The molecule has 0 unspecified atom stereocenters. The molecule has 1 aromatic rings. The molecule has 0 spiro atoms. The van der Waals surface area contributed by atoms with Crippen LogP contribution in [-0.2, 0) is 6.42 Å². The Hall–Kier alpha value is -0.0100. The number of aryl methyl sites for hydroxylation is 1. The molecule has 16 heavy (non-hydrogen) atoms. The topological polar surface area (TPSA) is 24.3 Å². The minimum Gasteiger partial charge on any atom is -0.366 e. The standard InChI is InChI=1S/C10H16ClIN4/c1-2-3-9-10(8-16(11)13-9)14-4-6-15(12)7-5-14/h8H,2-7H2,1H3. The van der Waals surface area contributed by atoms with Crippen LogP contribution in [0.25, 0.3) is 0 Å². The maximum absolute atomic E-state index is 5.92. The fourth-order valence-corrected chi connectivity index (χ4v) is 2.59. The predicted molar refractivity (Wildman–Crippen MR) is 75.3 cm³/mol. The molecule has 1 aliphatic rings. The van der Waals surface area contributed by atoms with Crippen LogP contribution in [-0.4, -0.2) is 38.6 Å². The van der Waals surface area contributed by atoms with E-state index in [0.29, 0.717) is 0 Å². The van der Waals surface area contributed by atoms with Gasteiger partial charge in [0.2, 0.25) is 0 Å². The van der Waals surface area contributed by atoms with E-state index < -0.39 is 0 Å². The maximum atomic E-state index is 5.92. The molecule has 1 fully saturated rings. The van der Waals surface area contributed by atoms with Crippen LogP contribution >= 0.6 is 34.6 Å². The Morgan fingerprint density at radius 3 is 2.69 bits per heavy atom. The lowest BCUT2D eigenvalue weighted by atomic mass is 10.2. The number of nitrogens with zero attached hydrogens (tertiary/aromatic N) is 4. The summed E-state index contributed by atoms with van der Waals surface area (Å²) in [4.78, 5) is 2.38. The molecule has 0 aromatic carbocycles. The second-order valence-corrected chi connectivity index (χ2v) is 5.71. The average molecular weight is 355 g/mol. The third-order valence-electron chi connectivity index (χ3n) is 2.79. The summed E-state index contributed by atoms with van der Waals surface area (Å²) in [5.41, 5.74) is 2.33. The van der Waals surface area contributed by atoms with E-state index in [4.69, 9.17) is 11.8 Å². The quantitative estimate of drug-likeness (QED) is 0.615. The predicted octanol–water partition coefficient (Wildman–Crippen LogP) is 2.31. The third-order valence-corrected chi connectivity index (χ3v) is 3.93. The molecule has 0 saturated carbocycles. The van der Waals surface area contributed by atoms with Crippen molar-refractivity contribution in [3.8, 4) is 0 Å². The van der Waals surface area contributed by atoms with Crippen molar-refractivity contribution in [2.45, 2.75) is 19.8 Å². The SMILES string of the molecule is CCCc1nn(Cl)cc1N1CCN(I)CC1. The van der Waals surface area contributed by atoms with Gasteiger partial charge in [-0.2, -0.15) is 9.30 Å². The van der Waals surface area contributed by atoms with Gasteiger partial charge in [-0.1, -0.05) is 13.3 Å². The van der Waals surface area contributed by atoms with E-state index in [1.54, 1.807) is 0 Å². The van der Waals surface area contributed by atoms with E-state index in [2.05, 4.69) is 42.9 Å². The summed E-state index contributed by atoms with van der Waals surface area (Å²) in [6, 6.07) is 0. The molecule has 0 radical (unpaired) electrons. The second-order valence-electron chi connectivity index (χ2n) is 4.00. The van der Waals surface area contributed by atoms with Gasteiger partial charge in [-0.25, -0.2) is 3.11 Å². The maximum Gasteiger partial charge on any atom is 0.0873 e. The highest BCUT2D eigenvalue weighted by molar-refractivity contribution is 14.1. The zero-order valence-electron chi connectivity index (χ0n) is 9.36. The van der Waals surface area contributed by atoms with Crippen molar-refractivity contribution in [3.05, 3.63) is 11.9 Å². The highest BCUT2D eigenvalue weighted by Crippen LogP contribution is 2.23. The van der Waals surface area contributed by atoms with Gasteiger partial charge in [0.25, 0.3) is 0 Å². The fraction of sp³-hybridized carbons (Fsp3) is 0.700. The third kappa shape index (κ3) is 2.81. The van der Waals surface area contributed by atoms with Crippen LogP contribution in [0.2, 0.25) is 0 Å². The van der Waals surface area contributed by atoms with Gasteiger partial charge >= 0.3 is 0 Å². The normalized spacial score (nSPS) is 18.1. The van der Waals surface area contributed by atoms with Gasteiger partial charge in [0, 0.05) is 60.8 Å². The zero-order valence-corrected chi connectivity index (χ0v) is 12.3. The number of rotatable bonds is 3. The van der Waals surface area contributed by atoms with Crippen LogP contribution in [0.1, 0.15) is 19.0 Å². The molecule has 90 valence electrons. The van der Waals surface area contributed by atoms with Gasteiger partial charge < -0.3 is 4.90 Å². The lowest BCUT2D eigenvalue weighted by Gasteiger charge is -2.32. The minimum absolute atomic E-state index is 1.000. The molecule has 0 N–H and O–H groups in total. The highest BCUT2D eigenvalue weighted by atomic mass is 127. The van der Waals surface area contributed by atoms with Crippen LogP contribution < -0.4 is 4.90 Å². The Kier molecular flexibility index (Phi) is 4.32. The van der Waals surface area contributed by atoms with E-state index in [-0.39, 0.29) is 0 Å². The molecule has 1 aromatic heterocycles. The second kappa shape index (κ2) is 5.55. The Bertz CT molecular complexity index is 347. The first-order valence-corrected chi connectivity index (χ1v) is 6.91. The molecule has 6 heteroatoms. The summed E-state index contributed by atoms with van der Waals surface area (Å²) in [7, 11) is 0. The molecule has 0 atom stereocenters. The summed E-state index contributed by atoms with van der Waals surface area (Å²) in [5.74, 6) is 0. The summed E-state index contributed by atoms with van der Waals surface area (Å²) >= 11 is 8.29. The number of hydrogen-bond donors (Lipinski definition) is 0. The first kappa shape index (κ1) is 12.4. The van der Waals surface area contributed by atoms with Crippen molar-refractivity contribution in [2.24, 2.45) is 0 Å². The van der Waals surface area contributed by atoms with Crippen molar-refractivity contribution in [1.82, 2.24) is 12.4 Å². The molecule has 4 nitrogen and oxygen atoms in total. The molecule has 2 heterocycles. The number of piperazine rings is 1. The van der Waals surface area contributed by atoms with E-state index in [9.17, 15) is 0 Å². The van der Waals surface area contributed by atoms with Crippen molar-refractivity contribution < 1.29 is 0 Å². The highest BCUT2D eigenvalue weighted by Gasteiger charge is 2.19. The van der Waals surface area contributed by atoms with Gasteiger partial charge in [-0.05, 0) is 6.42 Å². The van der Waals surface area contributed by atoms with E-state index in [0.717, 1.165) is 44.7 Å². The zero-order chi connectivity index (χ0) is 11.5. The Balaban J connectivity index is 2.12. The van der Waals surface area contributed by atoms with Crippen molar-refractivity contribution in [1.29, 1.82) is 0 Å². The van der Waals surface area contributed by atoms with Gasteiger partial charge in [0.1, 0.15) is 0 Å². The summed E-state index contributed by atoms with van der Waals surface area (Å²) in [6.07, 6.45) is 4.03. The first-order chi connectivity index (χ1) is 7.70. The molecular formula is C10H16ClIN4. The summed E-state index contributed by atoms with van der Waals surface area (Å²) in [6.45, 7) is 6.48. The summed E-state index contributed by atoms with van der Waals surface area (Å²) < 4.78 is 3.73. The fourth-order valence-electron chi connectivity index (χ4n) is 1.97. The number of hydrogen-bond acceptors (Lipinski definition) is 3. The van der Waals surface area contributed by atoms with Gasteiger partial charge in [0.05, 0.1) is 17.6 Å². The van der Waals surface area contributed by atoms with E-state index in [1.807, 2.05) is 6.20 Å². The minimum atomic E-state index is 1.000. The molecular weight excluding hydrogens is 338 g/mol. The smallest absolute Gasteiger partial charge is 0.0873 e. The largest absolute Gasteiger partial charge is 0.366 e. The molecule has 2 rings (SSSR count). The molecule has 0 bridgehead atoms. The van der Waals surface area contributed by atoms with Gasteiger partial charge in [0.15, 0.2) is 0 Å². The number of halogens is 2. The van der Waals surface area contributed by atoms with Crippen LogP contribution in [0.15, 0.2) is 6.20 Å². The van der Waals surface area contributed by atoms with Crippen LogP contribution in [0, 0.1) is 0 Å². The molecule has 0 amide bonds. The van der Waals surface area contributed by atoms with Gasteiger partial charge in [-0.3, -0.25) is 0 Å². The summed E-state index contributed by atoms with van der Waals surface area (Å²) in [5, 5.41) is 4.32. The lowest BCUT2D eigenvalue weighted by Crippen LogP contribution is -2.42. The van der Waals surface area contributed by atoms with Crippen molar-refractivity contribution >= 4 is 40.3 Å². The number of aromatic nitrogens is 2. The lowest BCUT2D eigenvalue weighted by molar-refractivity contribution is 0.460. The first-order valence-electron chi connectivity index (χ1n) is 5.61. The number of anilines is 1. The Labute approximate surface area is 115 Å². The Morgan fingerprint density at radius 2 is 2.06 bits per heavy atom. The van der Waals surface area contributed by atoms with E-state index >= 15 is 0 Å². The van der Waals surface area contributed by atoms with E-state index in [1.165, 1.54) is 9.89 Å². The van der Waals surface area contributed by atoms with Crippen LogP contribution in [0.5, 0.6) is 0 Å². The van der Waals surface area contributed by atoms with Crippen molar-refractivity contribution in [3.63, 3.8) is 0 Å². The average Bonchev–Trinajstić information content (AvgIpc) is 2.61. The van der Waals surface area contributed by atoms with Gasteiger partial charge in [-0.15, -0.1) is 0 Å². The molecule has 1 saturated heterocycles. The van der Waals surface area contributed by atoms with Crippen molar-refractivity contribution in [2.75, 3.05) is 31.1 Å². The molecule has 1 aliphatic heterocycles.